The Morgan fingerprint density at radius 2 is 2.06 bits per heavy atom. The van der Waals surface area contributed by atoms with Crippen molar-refractivity contribution in [3.05, 3.63) is 60.1 Å². The maximum atomic E-state index is 9.62. The third-order valence-corrected chi connectivity index (χ3v) is 4.80. The van der Waals surface area contributed by atoms with E-state index in [2.05, 4.69) is 16.4 Å². The number of anilines is 2. The normalized spacial score (nSPS) is 11.0. The van der Waals surface area contributed by atoms with Crippen LogP contribution >= 0.6 is 23.8 Å². The van der Waals surface area contributed by atoms with Gasteiger partial charge in [0.2, 0.25) is 0 Å². The van der Waals surface area contributed by atoms with E-state index in [1.54, 1.807) is 31.4 Å². The molecule has 2 aromatic carbocycles. The molecule has 3 rings (SSSR count). The number of nitrogens with zero attached hydrogens (tertiary/aromatic N) is 2. The molecule has 7 nitrogen and oxygen atoms in total. The SMILES string of the molecule is COc1cc2c(Nc3ccc(O/C(N)=C/C=S)cc3)c(C#N)cnc2cc1OCCCCl. The summed E-state index contributed by atoms with van der Waals surface area (Å²) in [5.74, 6) is 2.37. The van der Waals surface area contributed by atoms with Crippen LogP contribution in [-0.4, -0.2) is 29.9 Å². The highest BCUT2D eigenvalue weighted by Crippen LogP contribution is 2.37. The first-order chi connectivity index (χ1) is 15.6. The number of hydrogen-bond acceptors (Lipinski definition) is 8. The van der Waals surface area contributed by atoms with E-state index in [1.165, 1.54) is 17.6 Å². The number of aromatic nitrogens is 1. The van der Waals surface area contributed by atoms with Crippen LogP contribution in [0.25, 0.3) is 10.9 Å². The fourth-order valence-electron chi connectivity index (χ4n) is 2.92. The highest BCUT2D eigenvalue weighted by atomic mass is 35.5. The number of allylic oxidation sites excluding steroid dienone is 1. The second-order valence-corrected chi connectivity index (χ2v) is 7.18. The number of pyridine rings is 1. The van der Waals surface area contributed by atoms with Crippen LogP contribution in [0.5, 0.6) is 17.2 Å². The minimum Gasteiger partial charge on any atom is -0.493 e. The average Bonchev–Trinajstić information content (AvgIpc) is 2.80. The molecular weight excluding hydrogens is 448 g/mol. The van der Waals surface area contributed by atoms with Crippen LogP contribution in [0.15, 0.2) is 54.6 Å². The van der Waals surface area contributed by atoms with Crippen molar-refractivity contribution >= 4 is 51.5 Å². The zero-order chi connectivity index (χ0) is 22.9. The number of halogens is 1. The maximum Gasteiger partial charge on any atom is 0.191 e. The molecule has 164 valence electrons. The van der Waals surface area contributed by atoms with Gasteiger partial charge in [-0.15, -0.1) is 11.6 Å². The predicted molar refractivity (Wildman–Crippen MR) is 130 cm³/mol. The van der Waals surface area contributed by atoms with Crippen LogP contribution < -0.4 is 25.3 Å². The Kier molecular flexibility index (Phi) is 8.08. The van der Waals surface area contributed by atoms with Gasteiger partial charge in [-0.05, 0) is 36.8 Å². The van der Waals surface area contributed by atoms with Gasteiger partial charge in [0.25, 0.3) is 0 Å². The van der Waals surface area contributed by atoms with Crippen molar-refractivity contribution in [2.45, 2.75) is 6.42 Å². The van der Waals surface area contributed by atoms with Crippen LogP contribution in [0.1, 0.15) is 12.0 Å². The Morgan fingerprint density at radius 1 is 1.28 bits per heavy atom. The molecule has 0 aliphatic rings. The lowest BCUT2D eigenvalue weighted by Crippen LogP contribution is -2.05. The third kappa shape index (κ3) is 5.58. The van der Waals surface area contributed by atoms with E-state index in [9.17, 15) is 5.26 Å². The molecule has 1 heterocycles. The molecule has 3 aromatic rings. The Labute approximate surface area is 196 Å². The van der Waals surface area contributed by atoms with Crippen LogP contribution in [0, 0.1) is 11.3 Å². The zero-order valence-electron chi connectivity index (χ0n) is 17.3. The largest absolute Gasteiger partial charge is 0.493 e. The summed E-state index contributed by atoms with van der Waals surface area (Å²) >= 11 is 10.5. The Balaban J connectivity index is 1.95. The summed E-state index contributed by atoms with van der Waals surface area (Å²) in [4.78, 5) is 4.41. The second-order valence-electron chi connectivity index (χ2n) is 6.53. The molecule has 0 unspecified atom stereocenters. The maximum absolute atomic E-state index is 9.62. The van der Waals surface area contributed by atoms with Crippen LogP contribution in [-0.2, 0) is 0 Å². The molecule has 9 heteroatoms. The quantitative estimate of drug-likeness (QED) is 0.140. The van der Waals surface area contributed by atoms with Gasteiger partial charge in [-0.1, -0.05) is 12.2 Å². The van der Waals surface area contributed by atoms with Crippen molar-refractivity contribution in [3.8, 4) is 23.3 Å². The lowest BCUT2D eigenvalue weighted by Gasteiger charge is -2.15. The molecule has 0 atom stereocenters. The van der Waals surface area contributed by atoms with Gasteiger partial charge in [-0.25, -0.2) is 0 Å². The Morgan fingerprint density at radius 3 is 2.72 bits per heavy atom. The third-order valence-electron chi connectivity index (χ3n) is 4.40. The van der Waals surface area contributed by atoms with E-state index < -0.39 is 0 Å². The minimum absolute atomic E-state index is 0.198. The lowest BCUT2D eigenvalue weighted by molar-refractivity contribution is 0.295. The van der Waals surface area contributed by atoms with E-state index in [0.29, 0.717) is 52.9 Å². The fraction of sp³-hybridized carbons (Fsp3) is 0.174. The van der Waals surface area contributed by atoms with Gasteiger partial charge >= 0.3 is 0 Å². The Hall–Kier alpha value is -3.54. The molecule has 0 fully saturated rings. The van der Waals surface area contributed by atoms with Crippen molar-refractivity contribution in [1.29, 1.82) is 5.26 Å². The number of benzene rings is 2. The second kappa shape index (κ2) is 11.2. The molecule has 0 aliphatic carbocycles. The number of thiocarbonyl (C=S) groups is 1. The molecule has 0 aliphatic heterocycles. The Bertz CT molecular complexity index is 1180. The molecule has 0 bridgehead atoms. The van der Waals surface area contributed by atoms with Crippen LogP contribution in [0.3, 0.4) is 0 Å². The van der Waals surface area contributed by atoms with Gasteiger partial charge in [-0.3, -0.25) is 4.98 Å². The molecule has 3 N–H and O–H groups in total. The minimum atomic E-state index is 0.198. The molecule has 1 aromatic heterocycles. The van der Waals surface area contributed by atoms with E-state index in [-0.39, 0.29) is 5.88 Å². The van der Waals surface area contributed by atoms with Gasteiger partial charge in [0.15, 0.2) is 17.4 Å². The summed E-state index contributed by atoms with van der Waals surface area (Å²) in [5.41, 5.74) is 8.12. The summed E-state index contributed by atoms with van der Waals surface area (Å²) < 4.78 is 16.7. The van der Waals surface area contributed by atoms with E-state index in [4.69, 9.17) is 43.8 Å². The average molecular weight is 469 g/mol. The van der Waals surface area contributed by atoms with Crippen LogP contribution in [0.4, 0.5) is 11.4 Å². The van der Waals surface area contributed by atoms with Gasteiger partial charge < -0.3 is 25.3 Å². The molecule has 0 amide bonds. The van der Waals surface area contributed by atoms with Gasteiger partial charge in [-0.2, -0.15) is 5.26 Å². The summed E-state index contributed by atoms with van der Waals surface area (Å²) in [6, 6.07) is 12.9. The predicted octanol–water partition coefficient (Wildman–Crippen LogP) is 5.04. The van der Waals surface area contributed by atoms with Crippen molar-refractivity contribution in [2.24, 2.45) is 5.73 Å². The fourth-order valence-corrected chi connectivity index (χ4v) is 3.16. The first-order valence-electron chi connectivity index (χ1n) is 9.65. The highest BCUT2D eigenvalue weighted by molar-refractivity contribution is 7.79. The van der Waals surface area contributed by atoms with Crippen molar-refractivity contribution in [2.75, 3.05) is 24.9 Å². The van der Waals surface area contributed by atoms with E-state index >= 15 is 0 Å². The number of rotatable bonds is 10. The standard InChI is InChI=1S/C23H21ClN4O3S/c1-29-20-11-18-19(12-21(20)30-9-2-8-24)27-14-15(13-25)23(18)28-16-3-5-17(6-4-16)31-22(26)7-10-32/h3-7,10-12,14H,2,8-9,26H2,1H3,(H,27,28)/b22-7+. The number of fused-ring (bicyclic) bond motifs is 1. The lowest BCUT2D eigenvalue weighted by atomic mass is 10.1. The number of ether oxygens (including phenoxy) is 3. The van der Waals surface area contributed by atoms with Crippen molar-refractivity contribution < 1.29 is 14.2 Å². The zero-order valence-corrected chi connectivity index (χ0v) is 18.9. The van der Waals surface area contributed by atoms with Crippen LogP contribution in [0.2, 0.25) is 0 Å². The van der Waals surface area contributed by atoms with Gasteiger partial charge in [0.1, 0.15) is 11.8 Å². The smallest absolute Gasteiger partial charge is 0.191 e. The number of nitrogens with one attached hydrogen (secondary N) is 1. The summed E-state index contributed by atoms with van der Waals surface area (Å²) in [7, 11) is 1.56. The van der Waals surface area contributed by atoms with Gasteiger partial charge in [0.05, 0.1) is 30.5 Å². The molecule has 0 saturated heterocycles. The number of nitrogens with two attached hydrogens (primary N) is 1. The number of hydrogen-bond donors (Lipinski definition) is 2. The summed E-state index contributed by atoms with van der Waals surface area (Å²) in [6.45, 7) is 0.464. The number of alkyl halides is 1. The van der Waals surface area contributed by atoms with Gasteiger partial charge in [0, 0.05) is 40.7 Å². The molecular formula is C23H21ClN4O3S. The summed E-state index contributed by atoms with van der Waals surface area (Å²) in [6.07, 6.45) is 3.72. The monoisotopic (exact) mass is 468 g/mol. The summed E-state index contributed by atoms with van der Waals surface area (Å²) in [5, 5.41) is 15.0. The molecule has 0 spiro atoms. The van der Waals surface area contributed by atoms with Crippen molar-refractivity contribution in [3.63, 3.8) is 0 Å². The van der Waals surface area contributed by atoms with Crippen molar-refractivity contribution in [1.82, 2.24) is 4.98 Å². The molecule has 0 saturated carbocycles. The molecule has 32 heavy (non-hydrogen) atoms. The number of nitriles is 1. The first kappa shape index (κ1) is 23.1. The molecule has 0 radical (unpaired) electrons. The van der Waals surface area contributed by atoms with E-state index in [1.807, 2.05) is 12.1 Å². The first-order valence-corrected chi connectivity index (χ1v) is 10.7. The highest BCUT2D eigenvalue weighted by Gasteiger charge is 2.14. The van der Waals surface area contributed by atoms with E-state index in [0.717, 1.165) is 11.1 Å². The number of methoxy groups -OCH3 is 1. The topological polar surface area (TPSA) is 102 Å².